The van der Waals surface area contributed by atoms with E-state index >= 15 is 0 Å². The summed E-state index contributed by atoms with van der Waals surface area (Å²) in [5, 5.41) is 0. The Morgan fingerprint density at radius 2 is 2.31 bits per heavy atom. The molecule has 5 heteroatoms. The summed E-state index contributed by atoms with van der Waals surface area (Å²) in [4.78, 5) is 22.3. The van der Waals surface area contributed by atoms with Gasteiger partial charge < -0.3 is 4.98 Å². The number of nitrogens with one attached hydrogen (secondary N) is 1. The molecule has 1 aliphatic carbocycles. The first-order chi connectivity index (χ1) is 7.72. The number of aromatic amines is 1. The van der Waals surface area contributed by atoms with Gasteiger partial charge in [0.25, 0.3) is 0 Å². The summed E-state index contributed by atoms with van der Waals surface area (Å²) < 4.78 is 1.77. The lowest BCUT2D eigenvalue weighted by Gasteiger charge is -2.02. The maximum Gasteiger partial charge on any atom is 0.347 e. The Labute approximate surface area is 92.2 Å². The number of imidazole rings is 1. The van der Waals surface area contributed by atoms with Gasteiger partial charge in [0.15, 0.2) is 0 Å². The van der Waals surface area contributed by atoms with E-state index in [0.29, 0.717) is 11.7 Å². The van der Waals surface area contributed by atoms with E-state index in [-0.39, 0.29) is 5.69 Å². The first-order valence-corrected chi connectivity index (χ1v) is 5.34. The quantitative estimate of drug-likeness (QED) is 0.818. The summed E-state index contributed by atoms with van der Waals surface area (Å²) in [5.74, 6) is 1.16. The van der Waals surface area contributed by atoms with Gasteiger partial charge in [0.1, 0.15) is 12.1 Å². The Kier molecular flexibility index (Phi) is 1.92. The molecule has 0 unspecified atom stereocenters. The molecule has 0 radical (unpaired) electrons. The molecule has 16 heavy (non-hydrogen) atoms. The molecule has 2 aromatic rings. The molecule has 0 bridgehead atoms. The van der Waals surface area contributed by atoms with Crippen LogP contribution in [0.5, 0.6) is 0 Å². The third-order valence-electron chi connectivity index (χ3n) is 2.75. The van der Waals surface area contributed by atoms with Crippen LogP contribution in [0.1, 0.15) is 30.1 Å². The van der Waals surface area contributed by atoms with Crippen molar-refractivity contribution in [3.8, 4) is 5.82 Å². The normalized spacial score (nSPS) is 15.3. The van der Waals surface area contributed by atoms with E-state index in [1.54, 1.807) is 10.9 Å². The van der Waals surface area contributed by atoms with Crippen LogP contribution in [0, 0.1) is 6.92 Å². The monoisotopic (exact) mass is 216 g/mol. The minimum Gasteiger partial charge on any atom is -0.309 e. The second kappa shape index (κ2) is 3.30. The van der Waals surface area contributed by atoms with Crippen molar-refractivity contribution >= 4 is 0 Å². The summed E-state index contributed by atoms with van der Waals surface area (Å²) >= 11 is 0. The highest BCUT2D eigenvalue weighted by Gasteiger charge is 2.25. The van der Waals surface area contributed by atoms with Crippen molar-refractivity contribution < 1.29 is 0 Å². The summed E-state index contributed by atoms with van der Waals surface area (Å²) in [6.07, 6.45) is 5.84. The smallest absolute Gasteiger partial charge is 0.309 e. The number of hydrogen-bond donors (Lipinski definition) is 1. The molecule has 2 aromatic heterocycles. The molecule has 0 atom stereocenters. The van der Waals surface area contributed by atoms with Crippen LogP contribution in [0.25, 0.3) is 5.82 Å². The van der Waals surface area contributed by atoms with Crippen LogP contribution in [-0.4, -0.2) is 19.5 Å². The van der Waals surface area contributed by atoms with Crippen molar-refractivity contribution in [3.05, 3.63) is 40.5 Å². The van der Waals surface area contributed by atoms with Gasteiger partial charge in [-0.3, -0.25) is 4.57 Å². The standard InChI is InChI=1S/C11H12N4O/c1-7-5-15(6-12-7)10-4-9(8-2-3-8)13-11(16)14-10/h4-6,8H,2-3H2,1H3,(H,13,14,16). The van der Waals surface area contributed by atoms with Gasteiger partial charge >= 0.3 is 5.69 Å². The van der Waals surface area contributed by atoms with Gasteiger partial charge in [-0.15, -0.1) is 0 Å². The molecule has 0 aromatic carbocycles. The summed E-state index contributed by atoms with van der Waals surface area (Å²) in [6.45, 7) is 1.91. The lowest BCUT2D eigenvalue weighted by molar-refractivity contribution is 0.890. The van der Waals surface area contributed by atoms with Gasteiger partial charge in [-0.05, 0) is 25.7 Å². The van der Waals surface area contributed by atoms with Gasteiger partial charge in [-0.2, -0.15) is 4.98 Å². The fourth-order valence-electron chi connectivity index (χ4n) is 1.76. The number of rotatable bonds is 2. The SMILES string of the molecule is Cc1cn(-c2cc(C3CC3)[nH]c(=O)n2)cn1. The van der Waals surface area contributed by atoms with E-state index in [4.69, 9.17) is 0 Å². The fourth-order valence-corrected chi connectivity index (χ4v) is 1.76. The van der Waals surface area contributed by atoms with Crippen molar-refractivity contribution in [1.82, 2.24) is 19.5 Å². The third-order valence-corrected chi connectivity index (χ3v) is 2.75. The molecule has 1 N–H and O–H groups in total. The zero-order valence-electron chi connectivity index (χ0n) is 8.97. The minimum atomic E-state index is -0.286. The summed E-state index contributed by atoms with van der Waals surface area (Å²) in [6, 6.07) is 1.93. The maximum atomic E-state index is 11.4. The molecule has 3 rings (SSSR count). The number of aromatic nitrogens is 4. The zero-order valence-corrected chi connectivity index (χ0v) is 8.97. The molecule has 0 aliphatic heterocycles. The van der Waals surface area contributed by atoms with Crippen molar-refractivity contribution in [1.29, 1.82) is 0 Å². The Morgan fingerprint density at radius 1 is 1.50 bits per heavy atom. The van der Waals surface area contributed by atoms with Crippen LogP contribution < -0.4 is 5.69 Å². The Bertz CT molecular complexity index is 580. The van der Waals surface area contributed by atoms with Gasteiger partial charge in [-0.25, -0.2) is 9.78 Å². The van der Waals surface area contributed by atoms with Gasteiger partial charge in [0, 0.05) is 18.0 Å². The average Bonchev–Trinajstić information content (AvgIpc) is 3.01. The Balaban J connectivity index is 2.09. The van der Waals surface area contributed by atoms with Crippen LogP contribution in [0.3, 0.4) is 0 Å². The highest BCUT2D eigenvalue weighted by molar-refractivity contribution is 5.27. The molecule has 1 saturated carbocycles. The predicted molar refractivity (Wildman–Crippen MR) is 58.7 cm³/mol. The predicted octanol–water partition coefficient (Wildman–Crippen LogP) is 1.14. The van der Waals surface area contributed by atoms with Crippen molar-refractivity contribution in [3.63, 3.8) is 0 Å². The molecule has 0 saturated heterocycles. The molecule has 2 heterocycles. The second-order valence-corrected chi connectivity index (χ2v) is 4.20. The van der Waals surface area contributed by atoms with Crippen LogP contribution in [0.2, 0.25) is 0 Å². The van der Waals surface area contributed by atoms with E-state index < -0.39 is 0 Å². The summed E-state index contributed by atoms with van der Waals surface area (Å²) in [7, 11) is 0. The minimum absolute atomic E-state index is 0.286. The van der Waals surface area contributed by atoms with Gasteiger partial charge in [-0.1, -0.05) is 0 Å². The first-order valence-electron chi connectivity index (χ1n) is 5.34. The van der Waals surface area contributed by atoms with Gasteiger partial charge in [0.05, 0.1) is 5.69 Å². The zero-order chi connectivity index (χ0) is 11.1. The van der Waals surface area contributed by atoms with E-state index in [2.05, 4.69) is 15.0 Å². The number of hydrogen-bond acceptors (Lipinski definition) is 3. The lowest BCUT2D eigenvalue weighted by atomic mass is 10.3. The Morgan fingerprint density at radius 3 is 2.94 bits per heavy atom. The molecule has 0 amide bonds. The van der Waals surface area contributed by atoms with Crippen LogP contribution in [-0.2, 0) is 0 Å². The highest BCUT2D eigenvalue weighted by atomic mass is 16.1. The molecule has 1 fully saturated rings. The van der Waals surface area contributed by atoms with Crippen LogP contribution in [0.4, 0.5) is 0 Å². The number of aryl methyl sites for hydroxylation is 1. The largest absolute Gasteiger partial charge is 0.347 e. The molecule has 82 valence electrons. The van der Waals surface area contributed by atoms with E-state index in [1.165, 1.54) is 0 Å². The highest BCUT2D eigenvalue weighted by Crippen LogP contribution is 2.38. The molecule has 5 nitrogen and oxygen atoms in total. The van der Waals surface area contributed by atoms with Crippen LogP contribution in [0.15, 0.2) is 23.4 Å². The summed E-state index contributed by atoms with van der Waals surface area (Å²) in [5.41, 5.74) is 1.61. The molecule has 1 aliphatic rings. The molecular weight excluding hydrogens is 204 g/mol. The topological polar surface area (TPSA) is 63.6 Å². The van der Waals surface area contributed by atoms with E-state index in [9.17, 15) is 4.79 Å². The lowest BCUT2D eigenvalue weighted by Crippen LogP contribution is -2.15. The van der Waals surface area contributed by atoms with Crippen molar-refractivity contribution in [2.24, 2.45) is 0 Å². The number of nitrogens with zero attached hydrogens (tertiary/aromatic N) is 3. The van der Waals surface area contributed by atoms with Crippen molar-refractivity contribution in [2.75, 3.05) is 0 Å². The Hall–Kier alpha value is -1.91. The molecular formula is C11H12N4O. The first kappa shape index (κ1) is 9.33. The fraction of sp³-hybridized carbons (Fsp3) is 0.364. The van der Waals surface area contributed by atoms with Crippen molar-refractivity contribution in [2.45, 2.75) is 25.7 Å². The molecule has 0 spiro atoms. The third kappa shape index (κ3) is 1.64. The van der Waals surface area contributed by atoms with E-state index in [0.717, 1.165) is 24.2 Å². The van der Waals surface area contributed by atoms with Crippen LogP contribution >= 0.6 is 0 Å². The van der Waals surface area contributed by atoms with E-state index in [1.807, 2.05) is 19.2 Å². The average molecular weight is 216 g/mol. The second-order valence-electron chi connectivity index (χ2n) is 4.20. The number of H-pyrrole nitrogens is 1. The maximum absolute atomic E-state index is 11.4. The van der Waals surface area contributed by atoms with Gasteiger partial charge in [0.2, 0.25) is 0 Å².